The van der Waals surface area contributed by atoms with Gasteiger partial charge in [-0.3, -0.25) is 9.48 Å². The summed E-state index contributed by atoms with van der Waals surface area (Å²) in [7, 11) is 0.639. The second kappa shape index (κ2) is 5.79. The smallest absolute Gasteiger partial charge is 0.222 e. The number of aryl methyl sites for hydroxylation is 2. The fourth-order valence-electron chi connectivity index (χ4n) is 2.87. The fourth-order valence-corrected chi connectivity index (χ4v) is 4.65. The van der Waals surface area contributed by atoms with E-state index in [1.54, 1.807) is 11.9 Å². The molecule has 21 heavy (non-hydrogen) atoms. The van der Waals surface area contributed by atoms with E-state index in [4.69, 9.17) is 0 Å². The topological polar surface area (TPSA) is 72.3 Å². The molecule has 0 radical (unpaired) electrons. The van der Waals surface area contributed by atoms with Crippen molar-refractivity contribution in [2.75, 3.05) is 18.6 Å². The molecule has 0 bridgehead atoms. The van der Waals surface area contributed by atoms with E-state index in [0.717, 1.165) is 17.0 Å². The molecule has 1 saturated heterocycles. The average molecular weight is 313 g/mol. The van der Waals surface area contributed by atoms with Crippen molar-refractivity contribution >= 4 is 15.7 Å². The molecule has 118 valence electrons. The third kappa shape index (κ3) is 3.45. The Kier molecular flexibility index (Phi) is 4.41. The van der Waals surface area contributed by atoms with Crippen LogP contribution >= 0.6 is 0 Å². The van der Waals surface area contributed by atoms with Crippen LogP contribution in [0.1, 0.15) is 29.8 Å². The number of amides is 1. The number of aromatic nitrogens is 2. The minimum absolute atomic E-state index is 0.000229. The molecule has 0 N–H and O–H groups in total. The Balaban J connectivity index is 1.96. The van der Waals surface area contributed by atoms with Crippen molar-refractivity contribution in [3.8, 4) is 0 Å². The summed E-state index contributed by atoms with van der Waals surface area (Å²) in [6.45, 7) is 3.94. The van der Waals surface area contributed by atoms with Gasteiger partial charge in [0.05, 0.1) is 17.2 Å². The van der Waals surface area contributed by atoms with Gasteiger partial charge < -0.3 is 4.90 Å². The number of nitrogens with zero attached hydrogens (tertiary/aromatic N) is 3. The van der Waals surface area contributed by atoms with Crippen molar-refractivity contribution in [1.82, 2.24) is 14.7 Å². The molecule has 2 heterocycles. The predicted molar refractivity (Wildman–Crippen MR) is 80.8 cm³/mol. The highest BCUT2D eigenvalue weighted by atomic mass is 32.2. The van der Waals surface area contributed by atoms with Crippen LogP contribution in [0.4, 0.5) is 0 Å². The van der Waals surface area contributed by atoms with Crippen LogP contribution in [-0.4, -0.2) is 53.6 Å². The summed E-state index contributed by atoms with van der Waals surface area (Å²) in [5, 5.41) is 4.34. The Morgan fingerprint density at radius 2 is 2.10 bits per heavy atom. The summed E-state index contributed by atoms with van der Waals surface area (Å²) in [5.41, 5.74) is 3.14. The summed E-state index contributed by atoms with van der Waals surface area (Å²) in [5.74, 6) is 0.288. The van der Waals surface area contributed by atoms with Crippen LogP contribution in [-0.2, 0) is 28.1 Å². The Bertz CT molecular complexity index is 649. The van der Waals surface area contributed by atoms with Crippen molar-refractivity contribution < 1.29 is 13.2 Å². The standard InChI is InChI=1S/C14H23N3O3S/c1-10-13(11(2)17(4)15-10)5-6-14(18)16(3)12-7-8-21(19,20)9-12/h12H,5-9H2,1-4H3. The van der Waals surface area contributed by atoms with Crippen LogP contribution in [0.3, 0.4) is 0 Å². The monoisotopic (exact) mass is 313 g/mol. The predicted octanol–water partition coefficient (Wildman–Crippen LogP) is 0.615. The molecular weight excluding hydrogens is 290 g/mol. The summed E-state index contributed by atoms with van der Waals surface area (Å²) >= 11 is 0. The summed E-state index contributed by atoms with van der Waals surface area (Å²) in [6, 6.07) is -0.168. The molecule has 1 aromatic rings. The lowest BCUT2D eigenvalue weighted by Crippen LogP contribution is -2.37. The molecule has 2 rings (SSSR count). The van der Waals surface area contributed by atoms with Gasteiger partial charge in [0.2, 0.25) is 5.91 Å². The highest BCUT2D eigenvalue weighted by molar-refractivity contribution is 7.91. The number of rotatable bonds is 4. The molecule has 1 atom stereocenters. The van der Waals surface area contributed by atoms with E-state index in [9.17, 15) is 13.2 Å². The number of carbonyl (C=O) groups excluding carboxylic acids is 1. The molecule has 1 fully saturated rings. The maximum Gasteiger partial charge on any atom is 0.222 e. The summed E-state index contributed by atoms with van der Waals surface area (Å²) in [4.78, 5) is 13.9. The lowest BCUT2D eigenvalue weighted by Gasteiger charge is -2.23. The quantitative estimate of drug-likeness (QED) is 0.817. The zero-order valence-corrected chi connectivity index (χ0v) is 13.9. The first-order valence-electron chi connectivity index (χ1n) is 7.16. The van der Waals surface area contributed by atoms with E-state index >= 15 is 0 Å². The molecule has 0 aromatic carbocycles. The third-order valence-corrected chi connectivity index (χ3v) is 6.15. The minimum atomic E-state index is -2.96. The second-order valence-electron chi connectivity index (χ2n) is 5.83. The third-order valence-electron chi connectivity index (χ3n) is 4.40. The molecule has 1 aromatic heterocycles. The van der Waals surface area contributed by atoms with E-state index in [1.807, 2.05) is 25.6 Å². The van der Waals surface area contributed by atoms with Crippen molar-refractivity contribution in [2.24, 2.45) is 7.05 Å². The fraction of sp³-hybridized carbons (Fsp3) is 0.714. The molecule has 1 aliphatic heterocycles. The van der Waals surface area contributed by atoms with E-state index in [2.05, 4.69) is 5.10 Å². The first kappa shape index (κ1) is 16.0. The molecular formula is C14H23N3O3S. The van der Waals surface area contributed by atoms with Crippen molar-refractivity contribution in [1.29, 1.82) is 0 Å². The van der Waals surface area contributed by atoms with Gasteiger partial charge in [0.25, 0.3) is 0 Å². The number of hydrogen-bond acceptors (Lipinski definition) is 4. The highest BCUT2D eigenvalue weighted by Gasteiger charge is 2.32. The van der Waals surface area contributed by atoms with Gasteiger partial charge in [-0.2, -0.15) is 5.10 Å². The Morgan fingerprint density at radius 1 is 1.43 bits per heavy atom. The van der Waals surface area contributed by atoms with E-state index < -0.39 is 9.84 Å². The van der Waals surface area contributed by atoms with Gasteiger partial charge in [0, 0.05) is 32.3 Å². The van der Waals surface area contributed by atoms with Crippen LogP contribution in [0.25, 0.3) is 0 Å². The molecule has 6 nitrogen and oxygen atoms in total. The van der Waals surface area contributed by atoms with Crippen LogP contribution in [0.15, 0.2) is 0 Å². The van der Waals surface area contributed by atoms with Gasteiger partial charge in [-0.15, -0.1) is 0 Å². The lowest BCUT2D eigenvalue weighted by molar-refractivity contribution is -0.131. The number of carbonyl (C=O) groups is 1. The lowest BCUT2D eigenvalue weighted by atomic mass is 10.1. The van der Waals surface area contributed by atoms with Gasteiger partial charge >= 0.3 is 0 Å². The van der Waals surface area contributed by atoms with Gasteiger partial charge in [-0.25, -0.2) is 8.42 Å². The van der Waals surface area contributed by atoms with Crippen molar-refractivity contribution in [3.05, 3.63) is 17.0 Å². The van der Waals surface area contributed by atoms with Gasteiger partial charge in [-0.05, 0) is 32.3 Å². The highest BCUT2D eigenvalue weighted by Crippen LogP contribution is 2.19. The van der Waals surface area contributed by atoms with Crippen molar-refractivity contribution in [3.63, 3.8) is 0 Å². The second-order valence-corrected chi connectivity index (χ2v) is 8.06. The number of sulfone groups is 1. The summed E-state index contributed by atoms with van der Waals surface area (Å²) < 4.78 is 24.8. The van der Waals surface area contributed by atoms with Crippen LogP contribution in [0.5, 0.6) is 0 Å². The maximum absolute atomic E-state index is 12.2. The Hall–Kier alpha value is -1.37. The number of hydrogen-bond donors (Lipinski definition) is 0. The van der Waals surface area contributed by atoms with Crippen LogP contribution in [0, 0.1) is 13.8 Å². The first-order chi connectivity index (χ1) is 9.71. The largest absolute Gasteiger partial charge is 0.342 e. The van der Waals surface area contributed by atoms with Gasteiger partial charge in [-0.1, -0.05) is 0 Å². The Labute approximate surface area is 126 Å². The summed E-state index contributed by atoms with van der Waals surface area (Å²) in [6.07, 6.45) is 1.59. The molecule has 1 unspecified atom stereocenters. The van der Waals surface area contributed by atoms with Crippen LogP contribution in [0.2, 0.25) is 0 Å². The molecule has 1 aliphatic rings. The van der Waals surface area contributed by atoms with E-state index in [-0.39, 0.29) is 23.5 Å². The van der Waals surface area contributed by atoms with Crippen molar-refractivity contribution in [2.45, 2.75) is 39.2 Å². The SMILES string of the molecule is Cc1nn(C)c(C)c1CCC(=O)N(C)C1CCS(=O)(=O)C1. The van der Waals surface area contributed by atoms with E-state index in [1.165, 1.54) is 0 Å². The molecule has 0 spiro atoms. The Morgan fingerprint density at radius 3 is 2.57 bits per heavy atom. The van der Waals surface area contributed by atoms with Gasteiger partial charge in [0.1, 0.15) is 0 Å². The molecule has 1 amide bonds. The van der Waals surface area contributed by atoms with E-state index in [0.29, 0.717) is 19.3 Å². The zero-order valence-electron chi connectivity index (χ0n) is 13.1. The average Bonchev–Trinajstić information content (AvgIpc) is 2.87. The normalized spacial score (nSPS) is 20.7. The molecule has 7 heteroatoms. The van der Waals surface area contributed by atoms with Gasteiger partial charge in [0.15, 0.2) is 9.84 Å². The minimum Gasteiger partial charge on any atom is -0.342 e. The molecule has 0 aliphatic carbocycles. The first-order valence-corrected chi connectivity index (χ1v) is 8.98. The van der Waals surface area contributed by atoms with Crippen LogP contribution < -0.4 is 0 Å². The zero-order chi connectivity index (χ0) is 15.8. The maximum atomic E-state index is 12.2. The molecule has 0 saturated carbocycles.